The Morgan fingerprint density at radius 3 is 0.938 bits per heavy atom. The second-order valence-corrected chi connectivity index (χ2v) is 13.4. The number of carbonyl (C=O) groups is 4. The van der Waals surface area contributed by atoms with Crippen molar-refractivity contribution in [2.75, 3.05) is 129 Å². The second kappa shape index (κ2) is 25.5. The van der Waals surface area contributed by atoms with E-state index in [0.717, 1.165) is 0 Å². The fourth-order valence-electron chi connectivity index (χ4n) is 6.14. The molecule has 64 heavy (non-hydrogen) atoms. The molecule has 4 aromatic rings. The molecule has 2 aliphatic carbocycles. The predicted octanol–water partition coefficient (Wildman–Crippen LogP) is 4.06. The van der Waals surface area contributed by atoms with Crippen molar-refractivity contribution in [1.29, 1.82) is 0 Å². The van der Waals surface area contributed by atoms with Crippen molar-refractivity contribution in [3.63, 3.8) is 0 Å². The zero-order valence-corrected chi connectivity index (χ0v) is 45.0. The quantitative estimate of drug-likeness (QED) is 0.0615. The van der Waals surface area contributed by atoms with E-state index in [9.17, 15) is 40.0 Å². The number of nitrogens with zero attached hydrogens (tertiary/aromatic N) is 4. The van der Waals surface area contributed by atoms with Crippen molar-refractivity contribution in [2.24, 2.45) is 0 Å². The Kier molecular flexibility index (Phi) is 12.7. The summed E-state index contributed by atoms with van der Waals surface area (Å²) in [5, 5.41) is 61.8. The number of nitrogens with one attached hydrogen (secondary N) is 4. The molecule has 0 heterocycles. The first-order valence-electron chi connectivity index (χ1n) is 29.7. The van der Waals surface area contributed by atoms with Crippen molar-refractivity contribution < 1.29 is 201 Å². The number of rotatable bonds is 16. The average molecular weight is 1200 g/mol. The van der Waals surface area contributed by atoms with Crippen molar-refractivity contribution in [2.45, 2.75) is 0 Å². The monoisotopic (exact) mass is 1200 g/mol. The van der Waals surface area contributed by atoms with Crippen molar-refractivity contribution in [3.05, 3.63) is 138 Å². The number of hydrogen-bond acceptors (Lipinski definition) is 12. The molecular weight excluding hydrogens is 1120 g/mol. The fraction of sp³-hybridized carbons (Fsp3) is 0.364. The van der Waals surface area contributed by atoms with E-state index in [1.807, 2.05) is 0 Å². The molecule has 0 fully saturated rings. The summed E-state index contributed by atoms with van der Waals surface area (Å²) in [7, 11) is 0. The van der Waals surface area contributed by atoms with E-state index in [4.69, 9.17) is 32.9 Å². The second-order valence-electron chi connectivity index (χ2n) is 13.4. The Bertz CT molecular complexity index is 2910. The molecule has 0 spiro atoms. The van der Waals surface area contributed by atoms with Crippen LogP contribution in [-0.4, -0.2) is 150 Å². The molecule has 0 amide bonds. The largest absolute Gasteiger partial charge is 0.633 e. The molecular formula is C44H52N8O8Y4-4. The van der Waals surface area contributed by atoms with E-state index in [-0.39, 0.29) is 198 Å². The topological polar surface area (TPSA) is 209 Å². The van der Waals surface area contributed by atoms with E-state index in [2.05, 4.69) is 45.5 Å². The summed E-state index contributed by atoms with van der Waals surface area (Å²) in [5.41, 5.74) is -1.70. The van der Waals surface area contributed by atoms with Crippen LogP contribution in [0.25, 0.3) is 0 Å². The third-order valence-corrected chi connectivity index (χ3v) is 8.77. The minimum Gasteiger partial charge on any atom is -0.633 e. The normalized spacial score (nSPS) is 19.9. The summed E-state index contributed by atoms with van der Waals surface area (Å²) in [6, 6.07) is 21.0. The van der Waals surface area contributed by atoms with Gasteiger partial charge in [-0.2, -0.15) is 11.1 Å². The summed E-state index contributed by atoms with van der Waals surface area (Å²) < 4.78 is 168. The molecule has 0 aromatic heterocycles. The fourth-order valence-corrected chi connectivity index (χ4v) is 6.14. The van der Waals surface area contributed by atoms with Crippen LogP contribution in [0.15, 0.2) is 48.5 Å². The number of benzene rings is 4. The van der Waals surface area contributed by atoms with E-state index in [0.29, 0.717) is 0 Å². The Morgan fingerprint density at radius 1 is 0.406 bits per heavy atom. The van der Waals surface area contributed by atoms with Gasteiger partial charge in [-0.3, -0.25) is 0 Å². The molecule has 4 aromatic carbocycles. The molecule has 0 saturated carbocycles. The van der Waals surface area contributed by atoms with E-state index < -0.39 is 150 Å². The van der Waals surface area contributed by atoms with Gasteiger partial charge in [0.2, 0.25) is 0 Å². The van der Waals surface area contributed by atoms with E-state index in [1.54, 1.807) is 0 Å². The van der Waals surface area contributed by atoms with Gasteiger partial charge in [-0.25, -0.2) is 24.3 Å². The third-order valence-electron chi connectivity index (χ3n) is 8.77. The van der Waals surface area contributed by atoms with E-state index >= 15 is 0 Å². The van der Waals surface area contributed by atoms with Crippen LogP contribution in [0.5, 0.6) is 0 Å². The molecule has 0 saturated heterocycles. The van der Waals surface area contributed by atoms with Crippen LogP contribution < -0.4 is 21.3 Å². The maximum Gasteiger partial charge on any atom is 0.0955 e. The number of likely N-dealkylation sites (N-methyl/N-ethyl adjacent to an activating group) is 4. The first-order valence-corrected chi connectivity index (χ1v) is 17.7. The molecule has 0 atom stereocenters. The van der Waals surface area contributed by atoms with Crippen LogP contribution in [0.1, 0.15) is 96.6 Å². The molecule has 0 bridgehead atoms. The molecule has 16 nitrogen and oxygen atoms in total. The third kappa shape index (κ3) is 16.5. The predicted molar refractivity (Wildman–Crippen MR) is 230 cm³/mol. The van der Waals surface area contributed by atoms with Gasteiger partial charge >= 0.3 is 0 Å². The minimum atomic E-state index is -3.45. The molecule has 6 rings (SSSR count). The number of fused-ring (bicyclic) bond motifs is 4. The van der Waals surface area contributed by atoms with Gasteiger partial charge in [0, 0.05) is 142 Å². The number of ketones is 4. The van der Waals surface area contributed by atoms with Gasteiger partial charge in [-0.05, 0) is 34.6 Å². The van der Waals surface area contributed by atoms with Gasteiger partial charge < -0.3 is 79.9 Å². The maximum atomic E-state index is 13.5. The van der Waals surface area contributed by atoms with Crippen molar-refractivity contribution in [3.8, 4) is 0 Å². The Morgan fingerprint density at radius 2 is 0.656 bits per heavy atom. The van der Waals surface area contributed by atoms with Crippen LogP contribution in [-0.2, 0) is 131 Å². The van der Waals surface area contributed by atoms with Crippen LogP contribution in [0, 0.1) is 45.1 Å². The zero-order chi connectivity index (χ0) is 64.2. The first kappa shape index (κ1) is 31.9. The summed E-state index contributed by atoms with van der Waals surface area (Å²) in [5.74, 6) is -2.90. The smallest absolute Gasteiger partial charge is 0.0955 e. The average Bonchev–Trinajstić information content (AvgIpc) is 3.39. The molecule has 4 radical (unpaired) electrons. The number of anilines is 4. The Balaban J connectivity index is 0.000000842. The van der Waals surface area contributed by atoms with Gasteiger partial charge in [0.25, 0.3) is 0 Å². The molecule has 2 aliphatic rings. The van der Waals surface area contributed by atoms with Crippen molar-refractivity contribution in [1.82, 2.24) is 0 Å². The maximum absolute atomic E-state index is 13.5. The molecule has 332 valence electrons. The van der Waals surface area contributed by atoms with Gasteiger partial charge in [0.05, 0.1) is 164 Å². The number of hydrogen-bond donors (Lipinski definition) is 4. The van der Waals surface area contributed by atoms with Gasteiger partial charge in [0.15, 0.2) is 0 Å². The molecule has 0 unspecified atom stereocenters. The van der Waals surface area contributed by atoms with Crippen molar-refractivity contribution >= 4 is 45.9 Å². The first-order chi connectivity index (χ1) is 38.0. The summed E-state index contributed by atoms with van der Waals surface area (Å²) in [6.07, 6.45) is 0. The molecule has 20 heteroatoms. The van der Waals surface area contributed by atoms with Crippen LogP contribution in [0.2, 0.25) is 0 Å². The zero-order valence-electron chi connectivity index (χ0n) is 57.6. The summed E-state index contributed by atoms with van der Waals surface area (Å²) in [4.78, 5) is 53.9. The number of carbonyl (C=O) groups excluding carboxylic acids is 4. The summed E-state index contributed by atoms with van der Waals surface area (Å²) in [6.45, 7) is -33.3. The van der Waals surface area contributed by atoms with Crippen LogP contribution >= 0.6 is 0 Å². The SMILES string of the molecule is [2H]C([2H])([2H])[N+]([O-])(CCNc1cc[c-]c2c1C(=O)c1[c-]ccc(NCC[N+]([O-])(C([2H])([2H])[2H])C([2H])([2H])[2H])c1C2=O)C([2H])([2H])[2H].[2H]C([2H])([2H])[N+]([O-])(CCNc1ccc(NCC[N+]([O-])(C([2H])([2H])[2H])C([2H])([2H])[2H])c2c1C(=O)c1[c-]cc[c-]c1C2=O)C([2H])([2H])[2H].[Y].[Y].[Y].[Y]. The summed E-state index contributed by atoms with van der Waals surface area (Å²) >= 11 is 0. The van der Waals surface area contributed by atoms with Crippen LogP contribution in [0.3, 0.4) is 0 Å². The Hall–Kier alpha value is -1.14. The minimum absolute atomic E-state index is 0. The number of hydroxylamine groups is 12. The Labute approximate surface area is 510 Å². The van der Waals surface area contributed by atoms with Gasteiger partial charge in [-0.15, -0.1) is 47.5 Å². The number of quaternary nitrogens is 4. The molecule has 4 N–H and O–H groups in total. The van der Waals surface area contributed by atoms with E-state index in [1.165, 1.54) is 48.5 Å². The van der Waals surface area contributed by atoms with Gasteiger partial charge in [0.1, 0.15) is 0 Å². The van der Waals surface area contributed by atoms with Crippen LogP contribution in [0.4, 0.5) is 22.7 Å². The standard InChI is InChI=1S/2C22H26N4O4.4Y/c1-25(2,29)13-11-23-17-9-5-7-15-19(17)21(27)16-8-6-10-18(20(16)22(15)28)24-12-14-26(3,4)30;1-25(2,29)13-11-23-17-9-10-18(24-12-14-26(3,4)30)20-19(17)21(27)15-7-5-6-8-16(15)22(20)28;;;;/h2*5-6,9-10,23-24H,11-14H2,1-4H3;;;;/q2*-2;;;;/i2*1D3,2D3,3D3,4D3;;;;. The molecule has 0 aliphatic heterocycles. The van der Waals surface area contributed by atoms with Gasteiger partial charge in [-0.1, -0.05) is 11.1 Å².